The molecule has 1 aromatic carbocycles. The Kier molecular flexibility index (Phi) is 4.50. The highest BCUT2D eigenvalue weighted by molar-refractivity contribution is 5.75. The summed E-state index contributed by atoms with van der Waals surface area (Å²) in [5.74, 6) is 1.65. The minimum absolute atomic E-state index is 0.0327. The lowest BCUT2D eigenvalue weighted by molar-refractivity contribution is 0.170. The van der Waals surface area contributed by atoms with Crippen LogP contribution in [0.25, 0.3) is 0 Å². The summed E-state index contributed by atoms with van der Waals surface area (Å²) >= 11 is 0. The summed E-state index contributed by atoms with van der Waals surface area (Å²) in [6.45, 7) is 1.20. The van der Waals surface area contributed by atoms with Crippen molar-refractivity contribution in [2.24, 2.45) is 0 Å². The van der Waals surface area contributed by atoms with E-state index in [2.05, 4.69) is 22.8 Å². The first-order valence-electron chi connectivity index (χ1n) is 9.29. The molecular formula is C19H26N2O3. The molecule has 130 valence electrons. The lowest BCUT2D eigenvalue weighted by atomic mass is 9.87. The average Bonchev–Trinajstić information content (AvgIpc) is 2.61. The zero-order valence-electron chi connectivity index (χ0n) is 14.1. The molecule has 0 radical (unpaired) electrons. The summed E-state index contributed by atoms with van der Waals surface area (Å²) in [6.07, 6.45) is 9.05. The molecule has 1 atom stereocenters. The number of benzene rings is 1. The molecule has 1 aromatic rings. The van der Waals surface area contributed by atoms with Crippen LogP contribution in [0.2, 0.25) is 0 Å². The standard InChI is InChI=1S/C19H26N2O3/c22-19(20-14-6-2-1-3-7-14)21-16-8-4-5-13-11-17-18(12-15(13)16)24-10-9-23-17/h11-12,14,16H,1-10H2,(H2,20,21,22). The van der Waals surface area contributed by atoms with Crippen molar-refractivity contribution in [1.82, 2.24) is 10.6 Å². The minimum Gasteiger partial charge on any atom is -0.486 e. The molecule has 0 saturated heterocycles. The second-order valence-electron chi connectivity index (χ2n) is 7.09. The maximum atomic E-state index is 12.4. The van der Waals surface area contributed by atoms with Gasteiger partial charge in [0.05, 0.1) is 6.04 Å². The predicted octanol–water partition coefficient (Wildman–Crippen LogP) is 3.47. The van der Waals surface area contributed by atoms with Crippen LogP contribution in [0.1, 0.15) is 62.1 Å². The van der Waals surface area contributed by atoms with E-state index < -0.39 is 0 Å². The summed E-state index contributed by atoms with van der Waals surface area (Å²) in [5.41, 5.74) is 2.46. The number of carbonyl (C=O) groups excluding carboxylic acids is 1. The number of fused-ring (bicyclic) bond motifs is 2. The maximum Gasteiger partial charge on any atom is 0.315 e. The first-order valence-corrected chi connectivity index (χ1v) is 9.29. The van der Waals surface area contributed by atoms with Crippen LogP contribution < -0.4 is 20.1 Å². The minimum atomic E-state index is -0.0327. The third kappa shape index (κ3) is 3.30. The van der Waals surface area contributed by atoms with E-state index in [0.717, 1.165) is 43.6 Å². The van der Waals surface area contributed by atoms with Crippen LogP contribution in [-0.2, 0) is 6.42 Å². The molecule has 3 aliphatic rings. The molecule has 2 amide bonds. The first-order chi connectivity index (χ1) is 11.8. The molecule has 5 heteroatoms. The number of urea groups is 1. The van der Waals surface area contributed by atoms with E-state index in [4.69, 9.17) is 9.47 Å². The Bertz CT molecular complexity index is 611. The number of aryl methyl sites for hydroxylation is 1. The van der Waals surface area contributed by atoms with E-state index in [9.17, 15) is 4.79 Å². The molecule has 1 saturated carbocycles. The molecule has 4 rings (SSSR count). The van der Waals surface area contributed by atoms with E-state index in [1.165, 1.54) is 30.4 Å². The Hall–Kier alpha value is -1.91. The molecule has 1 unspecified atom stereocenters. The van der Waals surface area contributed by atoms with Gasteiger partial charge in [0.1, 0.15) is 13.2 Å². The van der Waals surface area contributed by atoms with Crippen molar-refractivity contribution in [2.75, 3.05) is 13.2 Å². The number of nitrogens with one attached hydrogen (secondary N) is 2. The fourth-order valence-corrected chi connectivity index (χ4v) is 4.12. The SMILES string of the molecule is O=C(NC1CCCCC1)NC1CCCc2cc3c(cc21)OCCO3. The Morgan fingerprint density at radius 3 is 2.46 bits per heavy atom. The summed E-state index contributed by atoms with van der Waals surface area (Å²) in [7, 11) is 0. The second-order valence-corrected chi connectivity index (χ2v) is 7.09. The van der Waals surface area contributed by atoms with Gasteiger partial charge in [-0.2, -0.15) is 0 Å². The van der Waals surface area contributed by atoms with Gasteiger partial charge >= 0.3 is 6.03 Å². The molecule has 1 aliphatic heterocycles. The van der Waals surface area contributed by atoms with Gasteiger partial charge in [-0.25, -0.2) is 4.79 Å². The first kappa shape index (κ1) is 15.6. The molecule has 0 spiro atoms. The van der Waals surface area contributed by atoms with Crippen molar-refractivity contribution < 1.29 is 14.3 Å². The van der Waals surface area contributed by atoms with E-state index in [1.54, 1.807) is 0 Å². The number of rotatable bonds is 2. The van der Waals surface area contributed by atoms with E-state index >= 15 is 0 Å². The van der Waals surface area contributed by atoms with E-state index in [0.29, 0.717) is 19.3 Å². The molecule has 0 bridgehead atoms. The Labute approximate surface area is 143 Å². The number of amides is 2. The molecule has 1 heterocycles. The van der Waals surface area contributed by atoms with Gasteiger partial charge in [0, 0.05) is 6.04 Å². The third-order valence-electron chi connectivity index (χ3n) is 5.36. The van der Waals surface area contributed by atoms with Gasteiger partial charge in [-0.3, -0.25) is 0 Å². The molecule has 2 N–H and O–H groups in total. The fourth-order valence-electron chi connectivity index (χ4n) is 4.12. The van der Waals surface area contributed by atoms with Gasteiger partial charge in [-0.05, 0) is 55.4 Å². The van der Waals surface area contributed by atoms with Gasteiger partial charge in [0.15, 0.2) is 11.5 Å². The van der Waals surface area contributed by atoms with Gasteiger partial charge in [0.2, 0.25) is 0 Å². The van der Waals surface area contributed by atoms with Crippen LogP contribution in [-0.4, -0.2) is 25.3 Å². The lowest BCUT2D eigenvalue weighted by Crippen LogP contribution is -2.44. The van der Waals surface area contributed by atoms with Crippen molar-refractivity contribution in [3.63, 3.8) is 0 Å². The quantitative estimate of drug-likeness (QED) is 0.873. The van der Waals surface area contributed by atoms with Crippen molar-refractivity contribution in [3.8, 4) is 11.5 Å². The van der Waals surface area contributed by atoms with Crippen LogP contribution in [0.5, 0.6) is 11.5 Å². The lowest BCUT2D eigenvalue weighted by Gasteiger charge is -2.30. The monoisotopic (exact) mass is 330 g/mol. The van der Waals surface area contributed by atoms with Gasteiger partial charge in [0.25, 0.3) is 0 Å². The number of carbonyl (C=O) groups is 1. The molecule has 5 nitrogen and oxygen atoms in total. The van der Waals surface area contributed by atoms with Gasteiger partial charge < -0.3 is 20.1 Å². The summed E-state index contributed by atoms with van der Waals surface area (Å²) in [6, 6.07) is 4.52. The third-order valence-corrected chi connectivity index (χ3v) is 5.36. The number of hydrogen-bond donors (Lipinski definition) is 2. The fraction of sp³-hybridized carbons (Fsp3) is 0.632. The van der Waals surface area contributed by atoms with Gasteiger partial charge in [-0.1, -0.05) is 19.3 Å². The summed E-state index contributed by atoms with van der Waals surface area (Å²) in [5, 5.41) is 6.34. The Morgan fingerprint density at radius 2 is 1.67 bits per heavy atom. The van der Waals surface area contributed by atoms with Crippen LogP contribution in [0.4, 0.5) is 4.79 Å². The second kappa shape index (κ2) is 6.91. The maximum absolute atomic E-state index is 12.4. The predicted molar refractivity (Wildman–Crippen MR) is 91.7 cm³/mol. The highest BCUT2D eigenvalue weighted by Crippen LogP contribution is 2.39. The number of hydrogen-bond acceptors (Lipinski definition) is 3. The van der Waals surface area contributed by atoms with Crippen molar-refractivity contribution >= 4 is 6.03 Å². The zero-order chi connectivity index (χ0) is 16.4. The van der Waals surface area contributed by atoms with Crippen LogP contribution >= 0.6 is 0 Å². The Morgan fingerprint density at radius 1 is 0.917 bits per heavy atom. The van der Waals surface area contributed by atoms with E-state index in [1.807, 2.05) is 0 Å². The van der Waals surface area contributed by atoms with Crippen LogP contribution in [0, 0.1) is 0 Å². The number of ether oxygens (including phenoxy) is 2. The normalized spacial score (nSPS) is 23.2. The highest BCUT2D eigenvalue weighted by Gasteiger charge is 2.26. The van der Waals surface area contributed by atoms with Crippen molar-refractivity contribution in [2.45, 2.75) is 63.5 Å². The summed E-state index contributed by atoms with van der Waals surface area (Å²) in [4.78, 5) is 12.4. The largest absolute Gasteiger partial charge is 0.486 e. The van der Waals surface area contributed by atoms with Crippen molar-refractivity contribution in [3.05, 3.63) is 23.3 Å². The van der Waals surface area contributed by atoms with Crippen LogP contribution in [0.15, 0.2) is 12.1 Å². The average molecular weight is 330 g/mol. The van der Waals surface area contributed by atoms with E-state index in [-0.39, 0.29) is 12.1 Å². The highest BCUT2D eigenvalue weighted by atomic mass is 16.6. The van der Waals surface area contributed by atoms with Gasteiger partial charge in [-0.15, -0.1) is 0 Å². The molecular weight excluding hydrogens is 304 g/mol. The molecule has 2 aliphatic carbocycles. The molecule has 1 fully saturated rings. The zero-order valence-corrected chi connectivity index (χ0v) is 14.1. The Balaban J connectivity index is 1.46. The topological polar surface area (TPSA) is 59.6 Å². The smallest absolute Gasteiger partial charge is 0.315 e. The summed E-state index contributed by atoms with van der Waals surface area (Å²) < 4.78 is 11.4. The molecule has 0 aromatic heterocycles. The van der Waals surface area contributed by atoms with Crippen LogP contribution in [0.3, 0.4) is 0 Å². The van der Waals surface area contributed by atoms with Crippen molar-refractivity contribution in [1.29, 1.82) is 0 Å². The molecule has 24 heavy (non-hydrogen) atoms.